The lowest BCUT2D eigenvalue weighted by Crippen LogP contribution is -2.53. The molecule has 1 heterocycles. The molecule has 4 saturated carbocycles. The maximum atomic E-state index is 11.6. The molecule has 4 fully saturated rings. The van der Waals surface area contributed by atoms with Gasteiger partial charge in [0, 0.05) is 18.1 Å². The number of fused-ring (bicyclic) bond motifs is 5. The number of carbonyl (C=O) groups excluding carboxylic acids is 1. The fraction of sp³-hybridized carbons (Fsp3) is 0.613. The topological polar surface area (TPSA) is 77.0 Å². The molecule has 37 heavy (non-hydrogen) atoms. The maximum Gasteiger partial charge on any atom is 0.302 e. The minimum Gasteiger partial charge on any atom is -0.463 e. The third-order valence-electron chi connectivity index (χ3n) is 11.0. The highest BCUT2D eigenvalue weighted by atomic mass is 32.1. The van der Waals surface area contributed by atoms with Crippen LogP contribution in [0.1, 0.15) is 84.1 Å². The zero-order chi connectivity index (χ0) is 25.9. The molecule has 1 aliphatic heterocycles. The molecular formula is C31H39N3O2S. The van der Waals surface area contributed by atoms with Crippen LogP contribution in [0.4, 0.5) is 0 Å². The molecule has 6 rings (SSSR count). The van der Waals surface area contributed by atoms with E-state index < -0.39 is 0 Å². The first-order valence-electron chi connectivity index (χ1n) is 14.1. The van der Waals surface area contributed by atoms with Gasteiger partial charge in [-0.3, -0.25) is 4.79 Å². The molecule has 0 aromatic heterocycles. The Balaban J connectivity index is 1.32. The Hall–Kier alpha value is -2.34. The Labute approximate surface area is 226 Å². The summed E-state index contributed by atoms with van der Waals surface area (Å²) in [6.07, 6.45) is 10.6. The van der Waals surface area contributed by atoms with Crippen molar-refractivity contribution in [1.82, 2.24) is 0 Å². The number of hydrogen-bond acceptors (Lipinski definition) is 4. The molecule has 0 bridgehead atoms. The lowest BCUT2D eigenvalue weighted by molar-refractivity contribution is -0.158. The zero-order valence-electron chi connectivity index (χ0n) is 22.3. The molecule has 0 unspecified atom stereocenters. The maximum absolute atomic E-state index is 11.6. The number of esters is 1. The smallest absolute Gasteiger partial charge is 0.302 e. The van der Waals surface area contributed by atoms with Crippen LogP contribution < -0.4 is 5.73 Å². The molecule has 5 nitrogen and oxygen atoms in total. The third-order valence-corrected chi connectivity index (χ3v) is 11.2. The first-order chi connectivity index (χ1) is 17.7. The van der Waals surface area contributed by atoms with E-state index in [9.17, 15) is 4.79 Å². The summed E-state index contributed by atoms with van der Waals surface area (Å²) in [7, 11) is 0. The minimum absolute atomic E-state index is 0.110. The van der Waals surface area contributed by atoms with Gasteiger partial charge in [0.25, 0.3) is 0 Å². The zero-order valence-corrected chi connectivity index (χ0v) is 23.2. The molecule has 2 N–H and O–H groups in total. The van der Waals surface area contributed by atoms with Crippen LogP contribution in [0.5, 0.6) is 0 Å². The van der Waals surface area contributed by atoms with E-state index in [0.29, 0.717) is 28.2 Å². The lowest BCUT2D eigenvalue weighted by atomic mass is 9.45. The second-order valence-electron chi connectivity index (χ2n) is 12.6. The van der Waals surface area contributed by atoms with Crippen LogP contribution in [0.25, 0.3) is 0 Å². The van der Waals surface area contributed by atoms with Gasteiger partial charge in [0.1, 0.15) is 11.9 Å². The summed E-state index contributed by atoms with van der Waals surface area (Å²) in [4.78, 5) is 20.8. The number of amidine groups is 1. The second kappa shape index (κ2) is 9.14. The van der Waals surface area contributed by atoms with Gasteiger partial charge in [-0.25, -0.2) is 9.98 Å². The van der Waals surface area contributed by atoms with Gasteiger partial charge < -0.3 is 10.5 Å². The predicted octanol–water partition coefficient (Wildman–Crippen LogP) is 6.40. The molecule has 0 saturated heterocycles. The van der Waals surface area contributed by atoms with Crippen LogP contribution in [-0.2, 0) is 9.53 Å². The Morgan fingerprint density at radius 3 is 2.57 bits per heavy atom. The van der Waals surface area contributed by atoms with Gasteiger partial charge in [-0.2, -0.15) is 0 Å². The number of nitrogens with two attached hydrogens (primary N) is 1. The van der Waals surface area contributed by atoms with Crippen LogP contribution in [0, 0.1) is 34.5 Å². The summed E-state index contributed by atoms with van der Waals surface area (Å²) >= 11 is 5.40. The van der Waals surface area contributed by atoms with Gasteiger partial charge in [0.15, 0.2) is 0 Å². The van der Waals surface area contributed by atoms with E-state index >= 15 is 0 Å². The molecule has 7 atom stereocenters. The number of hydrogen-bond donors (Lipinski definition) is 1. The highest BCUT2D eigenvalue weighted by molar-refractivity contribution is 7.80. The predicted molar refractivity (Wildman–Crippen MR) is 152 cm³/mol. The Bertz CT molecular complexity index is 1220. The van der Waals surface area contributed by atoms with E-state index in [1.807, 2.05) is 18.2 Å². The van der Waals surface area contributed by atoms with Crippen molar-refractivity contribution in [3.05, 3.63) is 47.0 Å². The number of benzene rings is 1. The van der Waals surface area contributed by atoms with Crippen molar-refractivity contribution in [2.75, 3.05) is 0 Å². The number of allylic oxidation sites excluding steroid dienone is 1. The van der Waals surface area contributed by atoms with Crippen molar-refractivity contribution in [1.29, 1.82) is 0 Å². The normalized spacial score (nSPS) is 41.2. The number of carbonyl (C=O) groups is 1. The first kappa shape index (κ1) is 25.0. The average molecular weight is 518 g/mol. The van der Waals surface area contributed by atoms with Gasteiger partial charge in [-0.05, 0) is 105 Å². The first-order valence-corrected chi connectivity index (χ1v) is 14.6. The molecule has 196 valence electrons. The van der Waals surface area contributed by atoms with E-state index in [2.05, 4.69) is 31.0 Å². The van der Waals surface area contributed by atoms with Crippen LogP contribution in [0.2, 0.25) is 0 Å². The van der Waals surface area contributed by atoms with Gasteiger partial charge in [-0.15, -0.1) is 0 Å². The summed E-state index contributed by atoms with van der Waals surface area (Å²) in [5.41, 5.74) is 11.6. The highest BCUT2D eigenvalue weighted by Gasteiger charge is 2.59. The molecule has 6 heteroatoms. The molecule has 5 aliphatic rings. The van der Waals surface area contributed by atoms with E-state index in [4.69, 9.17) is 27.7 Å². The largest absolute Gasteiger partial charge is 0.463 e. The van der Waals surface area contributed by atoms with Crippen molar-refractivity contribution in [2.45, 2.75) is 84.7 Å². The number of ether oxygens (including phenoxy) is 1. The molecule has 1 aromatic rings. The van der Waals surface area contributed by atoms with Crippen molar-refractivity contribution in [2.24, 2.45) is 50.2 Å². The summed E-state index contributed by atoms with van der Waals surface area (Å²) in [5, 5.41) is 0.319. The van der Waals surface area contributed by atoms with Crippen molar-refractivity contribution < 1.29 is 9.53 Å². The number of nitrogens with zero attached hydrogens (tertiary/aromatic N) is 2. The SMILES string of the molecule is CC(=O)O[C@H]1CC[C@@]2(C)[C@@H](CC[C@@H]3[C@@H]2CC[C@]2(C)/C(=C4/C(N)=NC(=S)N=C4c4ccccc4)CC[C@@H]32)C1. The Morgan fingerprint density at radius 1 is 1.03 bits per heavy atom. The van der Waals surface area contributed by atoms with E-state index in [1.165, 1.54) is 44.1 Å². The quantitative estimate of drug-likeness (QED) is 0.364. The van der Waals surface area contributed by atoms with Crippen LogP contribution in [0.15, 0.2) is 51.5 Å². The van der Waals surface area contributed by atoms with Gasteiger partial charge in [0.05, 0.1) is 5.71 Å². The van der Waals surface area contributed by atoms with Crippen molar-refractivity contribution >= 4 is 34.8 Å². The molecule has 1 aromatic carbocycles. The molecule has 0 spiro atoms. The van der Waals surface area contributed by atoms with Gasteiger partial charge in [0.2, 0.25) is 5.11 Å². The fourth-order valence-electron chi connectivity index (χ4n) is 9.34. The number of thiocarbonyl (C=S) groups is 1. The Morgan fingerprint density at radius 2 is 1.81 bits per heavy atom. The van der Waals surface area contributed by atoms with Crippen LogP contribution in [0.3, 0.4) is 0 Å². The fourth-order valence-corrected chi connectivity index (χ4v) is 9.53. The molecular weight excluding hydrogens is 478 g/mol. The van der Waals surface area contributed by atoms with Gasteiger partial charge >= 0.3 is 5.97 Å². The highest BCUT2D eigenvalue weighted by Crippen LogP contribution is 2.67. The molecule has 0 amide bonds. The van der Waals surface area contributed by atoms with Gasteiger partial charge in [-0.1, -0.05) is 49.8 Å². The Kier molecular flexibility index (Phi) is 6.17. The summed E-state index contributed by atoms with van der Waals surface area (Å²) in [5.74, 6) is 3.22. The summed E-state index contributed by atoms with van der Waals surface area (Å²) in [6, 6.07) is 10.3. The standard InChI is InChI=1S/C31H39N3O2S/c1-18(35)36-21-13-15-30(2)20(17-21)9-10-22-23-11-12-25(31(23,3)16-14-24(22)30)26-27(19-7-5-4-6-8-19)33-29(37)34-28(26)32/h4-8,20-24H,9-17H2,1-3H3,(H2,32,34,37)/b26-25+/t20-,21-,22-,23-,24-,30-,31-/m0/s1. The third kappa shape index (κ3) is 4.02. The number of rotatable bonds is 2. The molecule has 0 radical (unpaired) electrons. The van der Waals surface area contributed by atoms with E-state index in [0.717, 1.165) is 47.9 Å². The van der Waals surface area contributed by atoms with E-state index in [1.54, 1.807) is 6.92 Å². The van der Waals surface area contributed by atoms with Crippen molar-refractivity contribution in [3.63, 3.8) is 0 Å². The summed E-state index contributed by atoms with van der Waals surface area (Å²) < 4.78 is 5.66. The minimum atomic E-state index is -0.132. The van der Waals surface area contributed by atoms with Crippen molar-refractivity contribution in [3.8, 4) is 0 Å². The monoisotopic (exact) mass is 517 g/mol. The van der Waals surface area contributed by atoms with E-state index in [-0.39, 0.29) is 17.5 Å². The molecule has 4 aliphatic carbocycles. The lowest BCUT2D eigenvalue weighted by Gasteiger charge is -2.60. The second-order valence-corrected chi connectivity index (χ2v) is 13.0. The van der Waals surface area contributed by atoms with Crippen LogP contribution in [-0.4, -0.2) is 28.7 Å². The average Bonchev–Trinajstić information content (AvgIpc) is 3.21. The van der Waals surface area contributed by atoms with Crippen LogP contribution >= 0.6 is 12.2 Å². The summed E-state index contributed by atoms with van der Waals surface area (Å²) in [6.45, 7) is 6.60. The number of aliphatic imine (C=N–C) groups is 2.